The van der Waals surface area contributed by atoms with Crippen LogP contribution in [0.3, 0.4) is 0 Å². The van der Waals surface area contributed by atoms with Crippen LogP contribution >= 0.6 is 0 Å². The predicted octanol–water partition coefficient (Wildman–Crippen LogP) is 4.30. The number of benzene rings is 2. The van der Waals surface area contributed by atoms with Gasteiger partial charge in [-0.15, -0.1) is 0 Å². The third-order valence-corrected chi connectivity index (χ3v) is 3.84. The molecule has 0 fully saturated rings. The van der Waals surface area contributed by atoms with Gasteiger partial charge in [0.25, 0.3) is 0 Å². The van der Waals surface area contributed by atoms with Gasteiger partial charge in [-0.05, 0) is 55.7 Å². The molecule has 0 aliphatic heterocycles. The molecule has 0 aliphatic carbocycles. The summed E-state index contributed by atoms with van der Waals surface area (Å²) in [6, 6.07) is 11.0. The maximum atomic E-state index is 13.4. The Labute approximate surface area is 126 Å². The van der Waals surface area contributed by atoms with Crippen LogP contribution in [0.25, 0.3) is 0 Å². The maximum absolute atomic E-state index is 13.4. The minimum Gasteiger partial charge on any atom is -0.496 e. The largest absolute Gasteiger partial charge is 0.496 e. The van der Waals surface area contributed by atoms with Crippen LogP contribution in [0.1, 0.15) is 35.2 Å². The number of halogens is 1. The normalized spacial score (nSPS) is 12.2. The third-order valence-electron chi connectivity index (χ3n) is 3.84. The first-order valence-corrected chi connectivity index (χ1v) is 7.14. The van der Waals surface area contributed by atoms with Crippen LogP contribution in [0.5, 0.6) is 5.75 Å². The summed E-state index contributed by atoms with van der Waals surface area (Å²) in [4.78, 5) is 0. The van der Waals surface area contributed by atoms with E-state index in [2.05, 4.69) is 37.4 Å². The lowest BCUT2D eigenvalue weighted by Gasteiger charge is -2.18. The molecule has 2 nitrogen and oxygen atoms in total. The van der Waals surface area contributed by atoms with Crippen molar-refractivity contribution in [2.75, 3.05) is 7.11 Å². The highest BCUT2D eigenvalue weighted by Crippen LogP contribution is 2.26. The SMILES string of the molecule is COc1ccc(F)cc1C(C)NCc1ccc(C)c(C)c1. The molecule has 0 heterocycles. The Bertz CT molecular complexity index is 625. The molecule has 112 valence electrons. The molecule has 1 N–H and O–H groups in total. The van der Waals surface area contributed by atoms with Crippen molar-refractivity contribution in [3.05, 3.63) is 64.5 Å². The van der Waals surface area contributed by atoms with E-state index in [0.29, 0.717) is 5.75 Å². The van der Waals surface area contributed by atoms with Crippen LogP contribution < -0.4 is 10.1 Å². The highest BCUT2D eigenvalue weighted by Gasteiger charge is 2.12. The predicted molar refractivity (Wildman–Crippen MR) is 84.1 cm³/mol. The van der Waals surface area contributed by atoms with Crippen molar-refractivity contribution in [1.29, 1.82) is 0 Å². The number of aryl methyl sites for hydroxylation is 2. The minimum atomic E-state index is -0.245. The average Bonchev–Trinajstić information content (AvgIpc) is 2.48. The molecule has 2 rings (SSSR count). The van der Waals surface area contributed by atoms with Crippen LogP contribution in [0, 0.1) is 19.7 Å². The second-order valence-corrected chi connectivity index (χ2v) is 5.41. The fourth-order valence-corrected chi connectivity index (χ4v) is 2.34. The van der Waals surface area contributed by atoms with Gasteiger partial charge in [0.05, 0.1) is 7.11 Å². The Morgan fingerprint density at radius 1 is 1.10 bits per heavy atom. The summed E-state index contributed by atoms with van der Waals surface area (Å²) in [5.41, 5.74) is 4.63. The Morgan fingerprint density at radius 2 is 1.86 bits per heavy atom. The second-order valence-electron chi connectivity index (χ2n) is 5.41. The molecule has 1 unspecified atom stereocenters. The fraction of sp³-hybridized carbons (Fsp3) is 0.333. The summed E-state index contributed by atoms with van der Waals surface area (Å²) < 4.78 is 18.7. The monoisotopic (exact) mass is 287 g/mol. The maximum Gasteiger partial charge on any atom is 0.123 e. The van der Waals surface area contributed by atoms with Gasteiger partial charge in [0.2, 0.25) is 0 Å². The lowest BCUT2D eigenvalue weighted by molar-refractivity contribution is 0.399. The molecule has 0 radical (unpaired) electrons. The van der Waals surface area contributed by atoms with Crippen molar-refractivity contribution in [3.63, 3.8) is 0 Å². The summed E-state index contributed by atoms with van der Waals surface area (Å²) in [6.45, 7) is 6.96. The van der Waals surface area contributed by atoms with Crippen molar-refractivity contribution >= 4 is 0 Å². The molecule has 1 atom stereocenters. The molecule has 0 saturated carbocycles. The zero-order valence-corrected chi connectivity index (χ0v) is 13.0. The van der Waals surface area contributed by atoms with Gasteiger partial charge >= 0.3 is 0 Å². The molecule has 0 amide bonds. The van der Waals surface area contributed by atoms with Crippen LogP contribution in [-0.4, -0.2) is 7.11 Å². The molecular weight excluding hydrogens is 265 g/mol. The summed E-state index contributed by atoms with van der Waals surface area (Å²) >= 11 is 0. The number of hydrogen-bond acceptors (Lipinski definition) is 2. The van der Waals surface area contributed by atoms with Crippen LogP contribution in [0.4, 0.5) is 4.39 Å². The van der Waals surface area contributed by atoms with E-state index in [1.165, 1.54) is 28.8 Å². The zero-order chi connectivity index (χ0) is 15.4. The standard InChI is InChI=1S/C18H22FNO/c1-12-5-6-15(9-13(12)2)11-20-14(3)17-10-16(19)7-8-18(17)21-4/h5-10,14,20H,11H2,1-4H3. The summed E-state index contributed by atoms with van der Waals surface area (Å²) in [5, 5.41) is 3.42. The molecule has 0 aromatic heterocycles. The summed E-state index contributed by atoms with van der Waals surface area (Å²) in [6.07, 6.45) is 0. The third kappa shape index (κ3) is 3.82. The van der Waals surface area contributed by atoms with E-state index in [0.717, 1.165) is 12.1 Å². The van der Waals surface area contributed by atoms with E-state index < -0.39 is 0 Å². The van der Waals surface area contributed by atoms with Crippen LogP contribution in [0.15, 0.2) is 36.4 Å². The first-order valence-electron chi connectivity index (χ1n) is 7.14. The molecule has 0 bridgehead atoms. The zero-order valence-electron chi connectivity index (χ0n) is 13.0. The van der Waals surface area contributed by atoms with E-state index >= 15 is 0 Å². The van der Waals surface area contributed by atoms with Crippen LogP contribution in [-0.2, 0) is 6.54 Å². The van der Waals surface area contributed by atoms with Gasteiger partial charge in [-0.1, -0.05) is 18.2 Å². The molecule has 3 heteroatoms. The minimum absolute atomic E-state index is 0.0114. The lowest BCUT2D eigenvalue weighted by Crippen LogP contribution is -2.19. The number of nitrogens with one attached hydrogen (secondary N) is 1. The van der Waals surface area contributed by atoms with Crippen molar-refractivity contribution in [2.24, 2.45) is 0 Å². The van der Waals surface area contributed by atoms with Gasteiger partial charge in [0.1, 0.15) is 11.6 Å². The van der Waals surface area contributed by atoms with E-state index in [9.17, 15) is 4.39 Å². The van der Waals surface area contributed by atoms with Crippen molar-refractivity contribution < 1.29 is 9.13 Å². The molecule has 2 aromatic rings. The van der Waals surface area contributed by atoms with Crippen molar-refractivity contribution in [3.8, 4) is 5.75 Å². The van der Waals surface area contributed by atoms with Gasteiger partial charge in [-0.3, -0.25) is 0 Å². The Hall–Kier alpha value is -1.87. The highest BCUT2D eigenvalue weighted by atomic mass is 19.1. The fourth-order valence-electron chi connectivity index (χ4n) is 2.34. The second kappa shape index (κ2) is 6.72. The van der Waals surface area contributed by atoms with Crippen molar-refractivity contribution in [1.82, 2.24) is 5.32 Å². The van der Waals surface area contributed by atoms with E-state index in [1.54, 1.807) is 13.2 Å². The first-order chi connectivity index (χ1) is 10.0. The van der Waals surface area contributed by atoms with Crippen LogP contribution in [0.2, 0.25) is 0 Å². The van der Waals surface area contributed by atoms with E-state index in [1.807, 2.05) is 6.92 Å². The molecule has 0 spiro atoms. The molecule has 0 saturated heterocycles. The summed E-state index contributed by atoms with van der Waals surface area (Å²) in [5.74, 6) is 0.460. The smallest absolute Gasteiger partial charge is 0.123 e. The van der Waals surface area contributed by atoms with Gasteiger partial charge in [0, 0.05) is 18.2 Å². The van der Waals surface area contributed by atoms with Gasteiger partial charge < -0.3 is 10.1 Å². The Morgan fingerprint density at radius 3 is 2.52 bits per heavy atom. The molecule has 0 aliphatic rings. The number of hydrogen-bond donors (Lipinski definition) is 1. The topological polar surface area (TPSA) is 21.3 Å². The number of methoxy groups -OCH3 is 1. The summed E-state index contributed by atoms with van der Waals surface area (Å²) in [7, 11) is 1.60. The van der Waals surface area contributed by atoms with E-state index in [-0.39, 0.29) is 11.9 Å². The Kier molecular flexibility index (Phi) is 4.97. The van der Waals surface area contributed by atoms with Gasteiger partial charge in [-0.25, -0.2) is 4.39 Å². The van der Waals surface area contributed by atoms with E-state index in [4.69, 9.17) is 4.74 Å². The number of rotatable bonds is 5. The molecule has 2 aromatic carbocycles. The highest BCUT2D eigenvalue weighted by molar-refractivity contribution is 5.36. The quantitative estimate of drug-likeness (QED) is 0.885. The van der Waals surface area contributed by atoms with Gasteiger partial charge in [0.15, 0.2) is 0 Å². The lowest BCUT2D eigenvalue weighted by atomic mass is 10.0. The average molecular weight is 287 g/mol. The number of ether oxygens (including phenoxy) is 1. The Balaban J connectivity index is 2.09. The first kappa shape index (κ1) is 15.5. The van der Waals surface area contributed by atoms with Crippen molar-refractivity contribution in [2.45, 2.75) is 33.4 Å². The molecule has 21 heavy (non-hydrogen) atoms. The van der Waals surface area contributed by atoms with Gasteiger partial charge in [-0.2, -0.15) is 0 Å². The molecular formula is C18H22FNO.